The van der Waals surface area contributed by atoms with Gasteiger partial charge in [-0.3, -0.25) is 4.79 Å². The van der Waals surface area contributed by atoms with Crippen LogP contribution in [0.2, 0.25) is 0 Å². The summed E-state index contributed by atoms with van der Waals surface area (Å²) in [6, 6.07) is 6.66. The highest BCUT2D eigenvalue weighted by atomic mass is 32.2. The molecular weight excluding hydrogens is 252 g/mol. The molecule has 1 aliphatic rings. The summed E-state index contributed by atoms with van der Waals surface area (Å²) in [5.41, 5.74) is 0.226. The fourth-order valence-corrected chi connectivity index (χ4v) is 3.70. The van der Waals surface area contributed by atoms with Crippen LogP contribution in [0.5, 0.6) is 0 Å². The molecule has 0 aliphatic heterocycles. The average Bonchev–Trinajstić information content (AvgIpc) is 2.80. The average molecular weight is 268 g/mol. The third-order valence-electron chi connectivity index (χ3n) is 3.75. The van der Waals surface area contributed by atoms with Gasteiger partial charge in [-0.2, -0.15) is 0 Å². The third kappa shape index (κ3) is 1.92. The number of hydrogen-bond acceptors (Lipinski definition) is 3. The first-order valence-corrected chi connectivity index (χ1v) is 7.58. The van der Waals surface area contributed by atoms with Crippen molar-refractivity contribution in [3.8, 4) is 0 Å². The van der Waals surface area contributed by atoms with E-state index < -0.39 is 27.1 Å². The highest BCUT2D eigenvalue weighted by molar-refractivity contribution is 7.90. The van der Waals surface area contributed by atoms with Crippen LogP contribution in [0, 0.1) is 11.3 Å². The summed E-state index contributed by atoms with van der Waals surface area (Å²) in [7, 11) is -3.33. The van der Waals surface area contributed by atoms with Crippen LogP contribution in [0.15, 0.2) is 29.2 Å². The van der Waals surface area contributed by atoms with Crippen LogP contribution < -0.4 is 0 Å². The second kappa shape index (κ2) is 3.82. The molecule has 0 spiro atoms. The molecule has 98 valence electrons. The van der Waals surface area contributed by atoms with E-state index in [1.54, 1.807) is 18.2 Å². The molecule has 0 heterocycles. The predicted octanol–water partition coefficient (Wildman–Crippen LogP) is 1.91. The molecule has 0 radical (unpaired) electrons. The van der Waals surface area contributed by atoms with Crippen molar-refractivity contribution in [1.29, 1.82) is 0 Å². The highest BCUT2D eigenvalue weighted by Crippen LogP contribution is 2.65. The quantitative estimate of drug-likeness (QED) is 0.909. The van der Waals surface area contributed by atoms with Gasteiger partial charge in [0, 0.05) is 12.2 Å². The maximum absolute atomic E-state index is 11.7. The van der Waals surface area contributed by atoms with Crippen LogP contribution in [0.3, 0.4) is 0 Å². The molecule has 2 rings (SSSR count). The van der Waals surface area contributed by atoms with E-state index in [0.29, 0.717) is 5.56 Å². The molecule has 1 aromatic carbocycles. The van der Waals surface area contributed by atoms with Crippen LogP contribution in [0.4, 0.5) is 0 Å². The van der Waals surface area contributed by atoms with Crippen molar-refractivity contribution in [1.82, 2.24) is 0 Å². The Morgan fingerprint density at radius 2 is 1.83 bits per heavy atom. The molecule has 1 saturated carbocycles. The molecule has 1 aromatic rings. The van der Waals surface area contributed by atoms with Crippen molar-refractivity contribution in [2.75, 3.05) is 6.26 Å². The molecule has 0 saturated heterocycles. The molecule has 2 unspecified atom stereocenters. The predicted molar refractivity (Wildman–Crippen MR) is 67.2 cm³/mol. The van der Waals surface area contributed by atoms with E-state index in [0.717, 1.165) is 6.26 Å². The molecule has 5 heteroatoms. The molecule has 18 heavy (non-hydrogen) atoms. The number of aliphatic carboxylic acids is 1. The largest absolute Gasteiger partial charge is 0.481 e. The van der Waals surface area contributed by atoms with Crippen molar-refractivity contribution >= 4 is 15.8 Å². The minimum absolute atomic E-state index is 0.235. The standard InChI is InChI=1S/C13H16O4S/c1-13(2)10(11(13)12(14)15)8-6-4-5-7-9(8)18(3,16)17/h4-7,10-11H,1-3H3,(H,14,15). The van der Waals surface area contributed by atoms with Crippen LogP contribution >= 0.6 is 0 Å². The SMILES string of the molecule is CC1(C)C(C(=O)O)C1c1ccccc1S(C)(=O)=O. The van der Waals surface area contributed by atoms with E-state index >= 15 is 0 Å². The molecule has 0 amide bonds. The summed E-state index contributed by atoms with van der Waals surface area (Å²) in [5.74, 6) is -1.62. The number of sulfone groups is 1. The Labute approximate surface area is 107 Å². The lowest BCUT2D eigenvalue weighted by Gasteiger charge is -2.08. The zero-order valence-corrected chi connectivity index (χ0v) is 11.4. The smallest absolute Gasteiger partial charge is 0.307 e. The van der Waals surface area contributed by atoms with Crippen molar-refractivity contribution in [3.05, 3.63) is 29.8 Å². The normalized spacial score (nSPS) is 25.7. The highest BCUT2D eigenvalue weighted by Gasteiger charge is 2.63. The second-order valence-corrected chi connectivity index (χ2v) is 7.41. The fraction of sp³-hybridized carbons (Fsp3) is 0.462. The number of carboxylic acids is 1. The molecular formula is C13H16O4S. The number of rotatable bonds is 3. The van der Waals surface area contributed by atoms with Crippen LogP contribution in [0.1, 0.15) is 25.3 Å². The van der Waals surface area contributed by atoms with Gasteiger partial charge in [-0.1, -0.05) is 32.0 Å². The van der Waals surface area contributed by atoms with Gasteiger partial charge in [0.25, 0.3) is 0 Å². The third-order valence-corrected chi connectivity index (χ3v) is 4.92. The molecule has 0 bridgehead atoms. The molecule has 4 nitrogen and oxygen atoms in total. The van der Waals surface area contributed by atoms with Gasteiger partial charge in [-0.25, -0.2) is 8.42 Å². The first-order valence-electron chi connectivity index (χ1n) is 5.69. The number of benzene rings is 1. The van der Waals surface area contributed by atoms with Crippen molar-refractivity contribution in [2.45, 2.75) is 24.7 Å². The van der Waals surface area contributed by atoms with E-state index in [-0.39, 0.29) is 10.8 Å². The fourth-order valence-electron chi connectivity index (χ4n) is 2.75. The molecule has 1 fully saturated rings. The first kappa shape index (κ1) is 13.1. The Hall–Kier alpha value is -1.36. The Morgan fingerprint density at radius 1 is 1.28 bits per heavy atom. The Morgan fingerprint density at radius 3 is 2.28 bits per heavy atom. The molecule has 1 aliphatic carbocycles. The van der Waals surface area contributed by atoms with Crippen LogP contribution in [-0.4, -0.2) is 25.7 Å². The van der Waals surface area contributed by atoms with Crippen molar-refractivity contribution < 1.29 is 18.3 Å². The molecule has 1 N–H and O–H groups in total. The van der Waals surface area contributed by atoms with Crippen LogP contribution in [0.25, 0.3) is 0 Å². The number of hydrogen-bond donors (Lipinski definition) is 1. The zero-order chi connectivity index (χ0) is 13.7. The maximum Gasteiger partial charge on any atom is 0.307 e. The van der Waals surface area contributed by atoms with Gasteiger partial charge < -0.3 is 5.11 Å². The monoisotopic (exact) mass is 268 g/mol. The van der Waals surface area contributed by atoms with Gasteiger partial charge in [0.05, 0.1) is 10.8 Å². The molecule has 2 atom stereocenters. The van der Waals surface area contributed by atoms with E-state index in [1.807, 2.05) is 13.8 Å². The van der Waals surface area contributed by atoms with Crippen molar-refractivity contribution in [3.63, 3.8) is 0 Å². The minimum Gasteiger partial charge on any atom is -0.481 e. The van der Waals surface area contributed by atoms with Crippen molar-refractivity contribution in [2.24, 2.45) is 11.3 Å². The van der Waals surface area contributed by atoms with Gasteiger partial charge in [-0.15, -0.1) is 0 Å². The van der Waals surface area contributed by atoms with E-state index in [9.17, 15) is 13.2 Å². The Kier molecular flexibility index (Phi) is 2.77. The lowest BCUT2D eigenvalue weighted by atomic mass is 10.0. The topological polar surface area (TPSA) is 71.4 Å². The Balaban J connectivity index is 2.53. The van der Waals surface area contributed by atoms with Gasteiger partial charge in [0.1, 0.15) is 0 Å². The van der Waals surface area contributed by atoms with E-state index in [4.69, 9.17) is 5.11 Å². The second-order valence-electron chi connectivity index (χ2n) is 5.42. The Bertz CT molecular complexity index is 601. The number of carboxylic acid groups (broad SMARTS) is 1. The summed E-state index contributed by atoms with van der Waals surface area (Å²) in [6.07, 6.45) is 1.15. The maximum atomic E-state index is 11.7. The van der Waals surface area contributed by atoms with Gasteiger partial charge in [0.15, 0.2) is 9.84 Å². The summed E-state index contributed by atoms with van der Waals surface area (Å²) in [4.78, 5) is 11.4. The summed E-state index contributed by atoms with van der Waals surface area (Å²) < 4.78 is 23.5. The summed E-state index contributed by atoms with van der Waals surface area (Å²) in [6.45, 7) is 3.71. The van der Waals surface area contributed by atoms with Gasteiger partial charge in [0.2, 0.25) is 0 Å². The lowest BCUT2D eigenvalue weighted by Crippen LogP contribution is -2.04. The summed E-state index contributed by atoms with van der Waals surface area (Å²) in [5, 5.41) is 9.16. The minimum atomic E-state index is -3.33. The summed E-state index contributed by atoms with van der Waals surface area (Å²) >= 11 is 0. The van der Waals surface area contributed by atoms with Gasteiger partial charge >= 0.3 is 5.97 Å². The van der Waals surface area contributed by atoms with E-state index in [1.165, 1.54) is 6.07 Å². The number of carbonyl (C=O) groups is 1. The lowest BCUT2D eigenvalue weighted by molar-refractivity contribution is -0.139. The van der Waals surface area contributed by atoms with E-state index in [2.05, 4.69) is 0 Å². The molecule has 0 aromatic heterocycles. The van der Waals surface area contributed by atoms with Crippen LogP contribution in [-0.2, 0) is 14.6 Å². The first-order chi connectivity index (χ1) is 8.17. The van der Waals surface area contributed by atoms with Gasteiger partial charge in [-0.05, 0) is 17.0 Å². The zero-order valence-electron chi connectivity index (χ0n) is 10.5.